The second-order valence-corrected chi connectivity index (χ2v) is 4.26. The molecule has 0 atom stereocenters. The summed E-state index contributed by atoms with van der Waals surface area (Å²) in [4.78, 5) is -0.211. The first-order valence-corrected chi connectivity index (χ1v) is 5.32. The summed E-state index contributed by atoms with van der Waals surface area (Å²) >= 11 is 5.24. The van der Waals surface area contributed by atoms with E-state index in [0.717, 1.165) is 4.68 Å². The lowest BCUT2D eigenvalue weighted by Crippen LogP contribution is -2.01. The van der Waals surface area contributed by atoms with E-state index < -0.39 is 5.51 Å². The zero-order chi connectivity index (χ0) is 13.2. The third-order valence-corrected chi connectivity index (χ3v) is 2.65. The van der Waals surface area contributed by atoms with Crippen LogP contribution in [0, 0.1) is 12.3 Å². The quantitative estimate of drug-likeness (QED) is 0.618. The molecule has 1 rings (SSSR count). The molecule has 2 nitrogen and oxygen atoms in total. The Morgan fingerprint density at radius 3 is 2.53 bits per heavy atom. The molecule has 0 N–H and O–H groups in total. The highest BCUT2D eigenvalue weighted by molar-refractivity contribution is 8.00. The molecule has 0 aliphatic rings. The average Bonchev–Trinajstić information content (AvgIpc) is 2.53. The van der Waals surface area contributed by atoms with Gasteiger partial charge in [-0.3, -0.25) is 0 Å². The van der Waals surface area contributed by atoms with Gasteiger partial charge in [-0.15, -0.1) is 6.42 Å². The number of hydrogen-bond acceptors (Lipinski definition) is 2. The van der Waals surface area contributed by atoms with Crippen molar-refractivity contribution >= 4 is 34.6 Å². The van der Waals surface area contributed by atoms with Gasteiger partial charge in [-0.25, -0.2) is 4.68 Å². The van der Waals surface area contributed by atoms with E-state index >= 15 is 0 Å². The maximum absolute atomic E-state index is 12.4. The Balaban J connectivity index is 3.41. The van der Waals surface area contributed by atoms with Gasteiger partial charge < -0.3 is 0 Å². The number of rotatable bonds is 3. The molecule has 0 aromatic carbocycles. The average molecular weight is 279 g/mol. The lowest BCUT2D eigenvalue weighted by atomic mass is 10.3. The summed E-state index contributed by atoms with van der Waals surface area (Å²) in [6.45, 7) is 6.78. The fourth-order valence-corrected chi connectivity index (χ4v) is 1.92. The zero-order valence-electron chi connectivity index (χ0n) is 8.38. The Hall–Kier alpha value is -1.32. The molecule has 1 aromatic heterocycles. The van der Waals surface area contributed by atoms with Crippen LogP contribution >= 0.6 is 23.4 Å². The molecule has 0 aliphatic carbocycles. The Kier molecular flexibility index (Phi) is 3.96. The van der Waals surface area contributed by atoms with Crippen LogP contribution in [-0.2, 0) is 0 Å². The van der Waals surface area contributed by atoms with Gasteiger partial charge >= 0.3 is 5.51 Å². The summed E-state index contributed by atoms with van der Waals surface area (Å²) in [6, 6.07) is 0. The summed E-state index contributed by atoms with van der Waals surface area (Å²) in [5.41, 5.74) is -4.55. The van der Waals surface area contributed by atoms with Crippen molar-refractivity contribution in [1.82, 2.24) is 9.78 Å². The van der Waals surface area contributed by atoms with E-state index in [-0.39, 0.29) is 33.2 Å². The van der Waals surface area contributed by atoms with Crippen LogP contribution in [0.5, 0.6) is 0 Å². The van der Waals surface area contributed by atoms with Crippen molar-refractivity contribution in [2.45, 2.75) is 10.4 Å². The summed E-state index contributed by atoms with van der Waals surface area (Å²) in [6.07, 6.45) is 6.28. The minimum absolute atomic E-state index is 0.0644. The Morgan fingerprint density at radius 2 is 2.18 bits per heavy atom. The van der Waals surface area contributed by atoms with Crippen molar-refractivity contribution in [3.8, 4) is 12.3 Å². The van der Waals surface area contributed by atoms with E-state index in [0.29, 0.717) is 0 Å². The van der Waals surface area contributed by atoms with Crippen molar-refractivity contribution in [2.75, 3.05) is 0 Å². The Morgan fingerprint density at radius 1 is 1.59 bits per heavy atom. The summed E-state index contributed by atoms with van der Waals surface area (Å²) in [5.74, 6) is 2.07. The van der Waals surface area contributed by atoms with E-state index in [4.69, 9.17) is 18.0 Å². The van der Waals surface area contributed by atoms with E-state index in [9.17, 15) is 13.2 Å². The predicted molar refractivity (Wildman–Crippen MR) is 63.3 cm³/mol. The van der Waals surface area contributed by atoms with E-state index in [1.807, 2.05) is 0 Å². The second-order valence-electron chi connectivity index (χ2n) is 2.75. The van der Waals surface area contributed by atoms with Gasteiger partial charge in [-0.2, -0.15) is 18.3 Å². The molecule has 0 amide bonds. The van der Waals surface area contributed by atoms with Crippen LogP contribution in [0.4, 0.5) is 13.2 Å². The number of aromatic nitrogens is 2. The highest BCUT2D eigenvalue weighted by Gasteiger charge is 2.33. The van der Waals surface area contributed by atoms with Crippen LogP contribution in [0.2, 0.25) is 0 Å². The zero-order valence-corrected chi connectivity index (χ0v) is 9.96. The molecule has 1 heterocycles. The number of halogens is 4. The second kappa shape index (κ2) is 4.90. The number of alkyl halides is 3. The minimum atomic E-state index is -4.47. The standard InChI is InChI=1S/C10H6ClF3N2S/c1-4-7-9(17-10(12,13)14)8(5-2)16(15-7)6(3)11/h1,5H,2-3H2. The number of hydrogen-bond donors (Lipinski definition) is 0. The molecule has 7 heteroatoms. The van der Waals surface area contributed by atoms with Crippen molar-refractivity contribution in [3.05, 3.63) is 24.5 Å². The van der Waals surface area contributed by atoms with Crippen molar-refractivity contribution in [2.24, 2.45) is 0 Å². The van der Waals surface area contributed by atoms with Crippen LogP contribution in [0.1, 0.15) is 11.4 Å². The van der Waals surface area contributed by atoms with Crippen molar-refractivity contribution in [1.29, 1.82) is 0 Å². The largest absolute Gasteiger partial charge is 0.446 e. The first-order valence-electron chi connectivity index (χ1n) is 4.12. The van der Waals surface area contributed by atoms with Gasteiger partial charge in [0.2, 0.25) is 0 Å². The highest BCUT2D eigenvalue weighted by atomic mass is 35.5. The molecule has 0 fully saturated rings. The Bertz CT molecular complexity index is 511. The highest BCUT2D eigenvalue weighted by Crippen LogP contribution is 2.41. The molecule has 1 aromatic rings. The number of nitrogens with zero attached hydrogens (tertiary/aromatic N) is 2. The molecule has 0 radical (unpaired) electrons. The van der Waals surface area contributed by atoms with E-state index in [2.05, 4.69) is 24.2 Å². The predicted octanol–water partition coefficient (Wildman–Crippen LogP) is 3.79. The molecular weight excluding hydrogens is 273 g/mol. The first-order chi connectivity index (χ1) is 7.80. The normalized spacial score (nSPS) is 11.0. The smallest absolute Gasteiger partial charge is 0.220 e. The van der Waals surface area contributed by atoms with E-state index in [1.54, 1.807) is 0 Å². The summed E-state index contributed by atoms with van der Waals surface area (Å²) < 4.78 is 38.1. The van der Waals surface area contributed by atoms with Gasteiger partial charge in [0.1, 0.15) is 10.9 Å². The van der Waals surface area contributed by atoms with Crippen LogP contribution in [0.3, 0.4) is 0 Å². The van der Waals surface area contributed by atoms with Crippen molar-refractivity contribution in [3.63, 3.8) is 0 Å². The maximum Gasteiger partial charge on any atom is 0.446 e. The van der Waals surface area contributed by atoms with Gasteiger partial charge in [0, 0.05) is 0 Å². The van der Waals surface area contributed by atoms with Crippen molar-refractivity contribution < 1.29 is 13.2 Å². The van der Waals surface area contributed by atoms with Gasteiger partial charge in [-0.05, 0) is 23.8 Å². The molecule has 17 heavy (non-hydrogen) atoms. The summed E-state index contributed by atoms with van der Waals surface area (Å²) in [7, 11) is 0. The Labute approximate surface area is 105 Å². The molecule has 0 aliphatic heterocycles. The van der Waals surface area contributed by atoms with Gasteiger partial charge in [0.05, 0.1) is 10.6 Å². The lowest BCUT2D eigenvalue weighted by Gasteiger charge is -2.05. The van der Waals surface area contributed by atoms with Crippen LogP contribution in [-0.4, -0.2) is 15.3 Å². The fourth-order valence-electron chi connectivity index (χ4n) is 1.09. The fraction of sp³-hybridized carbons (Fsp3) is 0.100. The molecule has 0 bridgehead atoms. The minimum Gasteiger partial charge on any atom is -0.220 e. The molecule has 0 saturated carbocycles. The summed E-state index contributed by atoms with van der Waals surface area (Å²) in [5, 5.41) is 3.68. The lowest BCUT2D eigenvalue weighted by molar-refractivity contribution is -0.0328. The molecule has 0 unspecified atom stereocenters. The van der Waals surface area contributed by atoms with Gasteiger partial charge in [0.25, 0.3) is 0 Å². The van der Waals surface area contributed by atoms with Crippen LogP contribution < -0.4 is 0 Å². The molecule has 0 spiro atoms. The van der Waals surface area contributed by atoms with Crippen LogP contribution in [0.25, 0.3) is 11.2 Å². The SMILES string of the molecule is C#Cc1nn(C(=C)Cl)c(C=C)c1SC(F)(F)F. The number of thioether (sulfide) groups is 1. The monoisotopic (exact) mass is 278 g/mol. The van der Waals surface area contributed by atoms with E-state index in [1.165, 1.54) is 6.08 Å². The number of terminal acetylenes is 1. The maximum atomic E-state index is 12.4. The molecule has 90 valence electrons. The third kappa shape index (κ3) is 3.08. The van der Waals surface area contributed by atoms with Crippen LogP contribution in [0.15, 0.2) is 18.1 Å². The van der Waals surface area contributed by atoms with Gasteiger partial charge in [0.15, 0.2) is 0 Å². The molecule has 0 saturated heterocycles. The third-order valence-electron chi connectivity index (χ3n) is 1.65. The topological polar surface area (TPSA) is 17.8 Å². The molecular formula is C10H6ClF3N2S. The first kappa shape index (κ1) is 13.7. The van der Waals surface area contributed by atoms with Gasteiger partial charge in [-0.1, -0.05) is 24.8 Å².